The minimum Gasteiger partial charge on any atom is -0.497 e. The molecule has 0 saturated carbocycles. The molecule has 170 valence electrons. The summed E-state index contributed by atoms with van der Waals surface area (Å²) in [6, 6.07) is 18.5. The number of hydrogen-bond donors (Lipinski definition) is 0. The van der Waals surface area contributed by atoms with Crippen molar-refractivity contribution in [2.75, 3.05) is 7.11 Å². The predicted octanol–water partition coefficient (Wildman–Crippen LogP) is 7.05. The average molecular weight is 503 g/mol. The van der Waals surface area contributed by atoms with E-state index >= 15 is 0 Å². The van der Waals surface area contributed by atoms with E-state index in [9.17, 15) is 4.79 Å². The van der Waals surface area contributed by atoms with Gasteiger partial charge in [-0.2, -0.15) is 0 Å². The molecule has 3 aromatic carbocycles. The molecule has 0 aliphatic carbocycles. The molecule has 0 unspecified atom stereocenters. The van der Waals surface area contributed by atoms with E-state index in [0.717, 1.165) is 22.5 Å². The van der Waals surface area contributed by atoms with Crippen LogP contribution in [0.3, 0.4) is 0 Å². The Morgan fingerprint density at radius 1 is 1.03 bits per heavy atom. The first-order valence-electron chi connectivity index (χ1n) is 10.4. The maximum atomic E-state index is 13.6. The first-order chi connectivity index (χ1) is 15.8. The lowest BCUT2D eigenvalue weighted by molar-refractivity contribution is 0.0684. The number of benzene rings is 3. The zero-order chi connectivity index (χ0) is 23.7. The van der Waals surface area contributed by atoms with Gasteiger partial charge >= 0.3 is 0 Å². The van der Waals surface area contributed by atoms with Crippen LogP contribution in [0.15, 0.2) is 60.7 Å². The van der Waals surface area contributed by atoms with Crippen LogP contribution in [0, 0.1) is 0 Å². The number of para-hydroxylation sites is 2. The molecule has 5 nitrogen and oxygen atoms in total. The van der Waals surface area contributed by atoms with Crippen LogP contribution in [0.2, 0.25) is 15.1 Å². The molecule has 0 fully saturated rings. The van der Waals surface area contributed by atoms with E-state index in [1.165, 1.54) is 12.1 Å². The third kappa shape index (κ3) is 4.67. The van der Waals surface area contributed by atoms with Gasteiger partial charge in [0.15, 0.2) is 0 Å². The van der Waals surface area contributed by atoms with E-state index in [1.54, 1.807) is 12.0 Å². The molecule has 0 atom stereocenters. The first-order valence-corrected chi connectivity index (χ1v) is 11.5. The maximum Gasteiger partial charge on any atom is 0.257 e. The van der Waals surface area contributed by atoms with Crippen LogP contribution in [0.1, 0.15) is 30.0 Å². The zero-order valence-corrected chi connectivity index (χ0v) is 20.6. The normalized spacial score (nSPS) is 11.2. The summed E-state index contributed by atoms with van der Waals surface area (Å²) in [5.74, 6) is 1.19. The lowest BCUT2D eigenvalue weighted by atomic mass is 10.1. The lowest BCUT2D eigenvalue weighted by Crippen LogP contribution is -2.37. The molecule has 33 heavy (non-hydrogen) atoms. The van der Waals surface area contributed by atoms with Crippen LogP contribution in [0.5, 0.6) is 5.75 Å². The van der Waals surface area contributed by atoms with Crippen molar-refractivity contribution < 1.29 is 9.53 Å². The molecule has 0 aliphatic rings. The van der Waals surface area contributed by atoms with Gasteiger partial charge in [0.2, 0.25) is 0 Å². The fourth-order valence-electron chi connectivity index (χ4n) is 3.73. The number of ether oxygens (including phenoxy) is 1. The second-order valence-electron chi connectivity index (χ2n) is 7.82. The lowest BCUT2D eigenvalue weighted by Gasteiger charge is -2.27. The summed E-state index contributed by atoms with van der Waals surface area (Å²) in [5, 5.41) is 0.803. The number of imidazole rings is 1. The maximum absolute atomic E-state index is 13.6. The Hall–Kier alpha value is -2.73. The monoisotopic (exact) mass is 501 g/mol. The van der Waals surface area contributed by atoms with E-state index in [2.05, 4.69) is 0 Å². The van der Waals surface area contributed by atoms with Crippen molar-refractivity contribution in [1.29, 1.82) is 0 Å². The van der Waals surface area contributed by atoms with Crippen LogP contribution in [-0.2, 0) is 6.54 Å². The topological polar surface area (TPSA) is 47.4 Å². The van der Waals surface area contributed by atoms with Crippen LogP contribution >= 0.6 is 34.8 Å². The SMILES string of the molecule is COc1ccc(-n2c(CN(C(=O)c3c(Cl)cc(Cl)cc3Cl)C(C)C)nc3ccccc32)cc1. The molecule has 1 aromatic heterocycles. The van der Waals surface area contributed by atoms with Crippen molar-refractivity contribution in [1.82, 2.24) is 14.5 Å². The number of halogens is 3. The summed E-state index contributed by atoms with van der Waals surface area (Å²) in [6.07, 6.45) is 0. The Labute approximate surface area is 207 Å². The van der Waals surface area contributed by atoms with E-state index in [0.29, 0.717) is 10.8 Å². The number of carbonyl (C=O) groups is 1. The molecule has 0 N–H and O–H groups in total. The molecule has 1 heterocycles. The number of amides is 1. The van der Waals surface area contributed by atoms with E-state index in [1.807, 2.05) is 66.9 Å². The first kappa shape index (κ1) is 23.4. The summed E-state index contributed by atoms with van der Waals surface area (Å²) in [5.41, 5.74) is 2.92. The molecule has 0 bridgehead atoms. The van der Waals surface area contributed by atoms with Crippen molar-refractivity contribution in [2.45, 2.75) is 26.4 Å². The van der Waals surface area contributed by atoms with Gasteiger partial charge in [-0.1, -0.05) is 46.9 Å². The van der Waals surface area contributed by atoms with Crippen LogP contribution in [0.25, 0.3) is 16.7 Å². The number of aromatic nitrogens is 2. The zero-order valence-electron chi connectivity index (χ0n) is 18.3. The number of hydrogen-bond acceptors (Lipinski definition) is 3. The number of methoxy groups -OCH3 is 1. The molecular formula is C25H22Cl3N3O2. The summed E-state index contributed by atoms with van der Waals surface area (Å²) < 4.78 is 7.34. The van der Waals surface area contributed by atoms with Crippen LogP contribution in [-0.4, -0.2) is 33.5 Å². The number of rotatable bonds is 6. The van der Waals surface area contributed by atoms with Gasteiger partial charge in [0.05, 0.1) is 40.3 Å². The van der Waals surface area contributed by atoms with E-state index in [-0.39, 0.29) is 34.1 Å². The molecule has 4 aromatic rings. The van der Waals surface area contributed by atoms with Gasteiger partial charge in [-0.25, -0.2) is 4.98 Å². The number of fused-ring (bicyclic) bond motifs is 1. The number of nitrogens with zero attached hydrogens (tertiary/aromatic N) is 3. The van der Waals surface area contributed by atoms with Crippen LogP contribution < -0.4 is 4.74 Å². The summed E-state index contributed by atoms with van der Waals surface area (Å²) in [7, 11) is 1.63. The molecule has 0 saturated heterocycles. The van der Waals surface area contributed by atoms with Gasteiger partial charge in [-0.05, 0) is 62.4 Å². The van der Waals surface area contributed by atoms with Gasteiger partial charge in [-0.3, -0.25) is 9.36 Å². The molecule has 8 heteroatoms. The second-order valence-corrected chi connectivity index (χ2v) is 9.07. The third-order valence-electron chi connectivity index (χ3n) is 5.38. The molecule has 4 rings (SSSR count). The van der Waals surface area contributed by atoms with Gasteiger partial charge in [0.25, 0.3) is 5.91 Å². The summed E-state index contributed by atoms with van der Waals surface area (Å²) in [6.45, 7) is 4.14. The van der Waals surface area contributed by atoms with Gasteiger partial charge in [0, 0.05) is 16.8 Å². The highest BCUT2D eigenvalue weighted by molar-refractivity contribution is 6.42. The smallest absolute Gasteiger partial charge is 0.257 e. The molecule has 0 aliphatic heterocycles. The Kier molecular flexibility index (Phi) is 6.84. The van der Waals surface area contributed by atoms with E-state index < -0.39 is 0 Å². The fourth-order valence-corrected chi connectivity index (χ4v) is 4.71. The highest BCUT2D eigenvalue weighted by Gasteiger charge is 2.26. The number of carbonyl (C=O) groups excluding carboxylic acids is 1. The largest absolute Gasteiger partial charge is 0.497 e. The highest BCUT2D eigenvalue weighted by Crippen LogP contribution is 2.31. The Morgan fingerprint density at radius 3 is 2.27 bits per heavy atom. The third-order valence-corrected chi connectivity index (χ3v) is 6.19. The fraction of sp³-hybridized carbons (Fsp3) is 0.200. The van der Waals surface area contributed by atoms with Gasteiger partial charge in [0.1, 0.15) is 11.6 Å². The van der Waals surface area contributed by atoms with E-state index in [4.69, 9.17) is 44.5 Å². The van der Waals surface area contributed by atoms with Crippen molar-refractivity contribution >= 4 is 51.7 Å². The van der Waals surface area contributed by atoms with Crippen molar-refractivity contribution in [3.63, 3.8) is 0 Å². The minimum atomic E-state index is -0.287. The molecular weight excluding hydrogens is 481 g/mol. The van der Waals surface area contributed by atoms with Crippen molar-refractivity contribution in [3.8, 4) is 11.4 Å². The molecule has 0 radical (unpaired) electrons. The Bertz CT molecular complexity index is 1290. The predicted molar refractivity (Wildman–Crippen MR) is 134 cm³/mol. The summed E-state index contributed by atoms with van der Waals surface area (Å²) in [4.78, 5) is 20.1. The van der Waals surface area contributed by atoms with Crippen molar-refractivity contribution in [2.24, 2.45) is 0 Å². The van der Waals surface area contributed by atoms with Gasteiger partial charge < -0.3 is 9.64 Å². The minimum absolute atomic E-state index is 0.135. The van der Waals surface area contributed by atoms with Crippen molar-refractivity contribution in [3.05, 3.63) is 87.1 Å². The Morgan fingerprint density at radius 2 is 1.67 bits per heavy atom. The Balaban J connectivity index is 1.80. The molecule has 1 amide bonds. The standard InChI is InChI=1S/C25H22Cl3N3O2/c1-15(2)30(25(32)24-19(27)12-16(26)13-20(24)28)14-23-29-21-6-4-5-7-22(21)31(23)17-8-10-18(33-3)11-9-17/h4-13,15H,14H2,1-3H3. The van der Waals surface area contributed by atoms with Gasteiger partial charge in [-0.15, -0.1) is 0 Å². The molecule has 0 spiro atoms. The quantitative estimate of drug-likeness (QED) is 0.284. The summed E-state index contributed by atoms with van der Waals surface area (Å²) >= 11 is 18.7. The highest BCUT2D eigenvalue weighted by atomic mass is 35.5. The van der Waals surface area contributed by atoms with Crippen LogP contribution in [0.4, 0.5) is 0 Å². The average Bonchev–Trinajstić information content (AvgIpc) is 3.14. The second kappa shape index (κ2) is 9.64.